The van der Waals surface area contributed by atoms with Crippen molar-refractivity contribution < 1.29 is 4.79 Å². The van der Waals surface area contributed by atoms with Gasteiger partial charge < -0.3 is 15.6 Å². The van der Waals surface area contributed by atoms with Crippen molar-refractivity contribution in [1.82, 2.24) is 20.6 Å². The number of nitrogens with one attached hydrogen (secondary N) is 3. The summed E-state index contributed by atoms with van der Waals surface area (Å²) >= 11 is 1.81. The monoisotopic (exact) mass is 226 g/mol. The first-order chi connectivity index (χ1) is 7.36. The quantitative estimate of drug-likeness (QED) is 0.663. The van der Waals surface area contributed by atoms with Gasteiger partial charge in [0.15, 0.2) is 0 Å². The molecule has 2 heterocycles. The van der Waals surface area contributed by atoms with Gasteiger partial charge in [0.25, 0.3) is 0 Å². The summed E-state index contributed by atoms with van der Waals surface area (Å²) < 4.78 is 0. The third kappa shape index (κ3) is 2.97. The third-order valence-corrected chi connectivity index (χ3v) is 3.28. The minimum Gasteiger partial charge on any atom is -0.347 e. The molecule has 1 saturated heterocycles. The lowest BCUT2D eigenvalue weighted by Gasteiger charge is -2.21. The first-order valence-electron chi connectivity index (χ1n) is 4.93. The zero-order valence-corrected chi connectivity index (χ0v) is 9.14. The topological polar surface area (TPSA) is 69.8 Å². The van der Waals surface area contributed by atoms with Gasteiger partial charge in [-0.1, -0.05) is 0 Å². The van der Waals surface area contributed by atoms with Crippen LogP contribution < -0.4 is 10.6 Å². The van der Waals surface area contributed by atoms with E-state index in [1.54, 1.807) is 12.4 Å². The second-order valence-electron chi connectivity index (χ2n) is 3.34. The summed E-state index contributed by atoms with van der Waals surface area (Å²) in [5.41, 5.74) is 0. The van der Waals surface area contributed by atoms with Gasteiger partial charge in [-0.15, -0.1) is 0 Å². The predicted octanol–water partition coefficient (Wildman–Crippen LogP) is -0.269. The van der Waals surface area contributed by atoms with Gasteiger partial charge in [-0.2, -0.15) is 11.8 Å². The van der Waals surface area contributed by atoms with Crippen molar-refractivity contribution in [2.45, 2.75) is 12.6 Å². The van der Waals surface area contributed by atoms with Gasteiger partial charge in [0.2, 0.25) is 5.91 Å². The van der Waals surface area contributed by atoms with Crippen LogP contribution in [0.5, 0.6) is 0 Å². The van der Waals surface area contributed by atoms with Crippen LogP contribution in [0.3, 0.4) is 0 Å². The summed E-state index contributed by atoms with van der Waals surface area (Å²) in [6.45, 7) is 1.37. The van der Waals surface area contributed by atoms with E-state index in [4.69, 9.17) is 0 Å². The number of thioether (sulfide) groups is 1. The number of rotatable bonds is 3. The van der Waals surface area contributed by atoms with E-state index >= 15 is 0 Å². The van der Waals surface area contributed by atoms with Crippen LogP contribution in [0.25, 0.3) is 0 Å². The molecule has 1 aromatic heterocycles. The number of aromatic amines is 1. The molecule has 1 fully saturated rings. The minimum atomic E-state index is -0.0567. The molecule has 0 aliphatic carbocycles. The molecule has 82 valence electrons. The normalized spacial score (nSPS) is 21.2. The lowest BCUT2D eigenvalue weighted by atomic mass is 10.3. The summed E-state index contributed by atoms with van der Waals surface area (Å²) in [5.74, 6) is 2.77. The van der Waals surface area contributed by atoms with E-state index in [9.17, 15) is 4.79 Å². The number of nitrogens with zero attached hydrogens (tertiary/aromatic N) is 1. The molecule has 3 N–H and O–H groups in total. The Morgan fingerprint density at radius 2 is 2.67 bits per heavy atom. The highest BCUT2D eigenvalue weighted by Gasteiger charge is 2.20. The molecule has 1 aliphatic rings. The Balaban J connectivity index is 1.76. The predicted molar refractivity (Wildman–Crippen MR) is 59.6 cm³/mol. The molecular formula is C9H14N4OS. The van der Waals surface area contributed by atoms with Crippen molar-refractivity contribution in [1.29, 1.82) is 0 Å². The Morgan fingerprint density at radius 1 is 1.73 bits per heavy atom. The standard InChI is InChI=1S/C9H14N4OS/c14-9(7-6-15-4-3-10-7)13-5-8-11-1-2-12-8/h1-2,7,10H,3-6H2,(H,11,12)(H,13,14). The van der Waals surface area contributed by atoms with E-state index in [1.165, 1.54) is 0 Å². The molecule has 0 spiro atoms. The fraction of sp³-hybridized carbons (Fsp3) is 0.556. The Kier molecular flexibility index (Phi) is 3.63. The molecule has 5 nitrogen and oxygen atoms in total. The largest absolute Gasteiger partial charge is 0.347 e. The Bertz CT molecular complexity index is 308. The first-order valence-corrected chi connectivity index (χ1v) is 6.09. The lowest BCUT2D eigenvalue weighted by molar-refractivity contribution is -0.122. The highest BCUT2D eigenvalue weighted by atomic mass is 32.2. The number of aromatic nitrogens is 2. The average molecular weight is 226 g/mol. The van der Waals surface area contributed by atoms with Crippen LogP contribution in [0.2, 0.25) is 0 Å². The van der Waals surface area contributed by atoms with Crippen LogP contribution in [0, 0.1) is 0 Å². The number of carbonyl (C=O) groups excluding carboxylic acids is 1. The molecule has 1 aliphatic heterocycles. The van der Waals surface area contributed by atoms with Gasteiger partial charge in [0.05, 0.1) is 12.6 Å². The van der Waals surface area contributed by atoms with Crippen LogP contribution in [0.1, 0.15) is 5.82 Å². The van der Waals surface area contributed by atoms with Crippen LogP contribution in [-0.4, -0.2) is 40.0 Å². The smallest absolute Gasteiger partial charge is 0.238 e. The highest BCUT2D eigenvalue weighted by molar-refractivity contribution is 7.99. The third-order valence-electron chi connectivity index (χ3n) is 2.22. The molecule has 0 saturated carbocycles. The van der Waals surface area contributed by atoms with Crippen molar-refractivity contribution in [2.24, 2.45) is 0 Å². The van der Waals surface area contributed by atoms with Crippen molar-refractivity contribution in [3.05, 3.63) is 18.2 Å². The Morgan fingerprint density at radius 3 is 3.33 bits per heavy atom. The molecule has 1 atom stereocenters. The van der Waals surface area contributed by atoms with E-state index in [0.717, 1.165) is 23.9 Å². The zero-order chi connectivity index (χ0) is 10.5. The number of hydrogen-bond acceptors (Lipinski definition) is 4. The fourth-order valence-corrected chi connectivity index (χ4v) is 2.36. The Hall–Kier alpha value is -1.01. The maximum Gasteiger partial charge on any atom is 0.238 e. The Labute approximate surface area is 92.4 Å². The first kappa shape index (κ1) is 10.5. The van der Waals surface area contributed by atoms with Crippen LogP contribution in [0.15, 0.2) is 12.4 Å². The molecule has 0 aromatic carbocycles. The van der Waals surface area contributed by atoms with E-state index in [1.807, 2.05) is 11.8 Å². The maximum atomic E-state index is 11.7. The molecule has 2 rings (SSSR count). The lowest BCUT2D eigenvalue weighted by Crippen LogP contribution is -2.48. The zero-order valence-electron chi connectivity index (χ0n) is 8.32. The van der Waals surface area contributed by atoms with Gasteiger partial charge in [-0.25, -0.2) is 4.98 Å². The summed E-state index contributed by atoms with van der Waals surface area (Å²) in [6.07, 6.45) is 3.42. The van der Waals surface area contributed by atoms with E-state index in [-0.39, 0.29) is 11.9 Å². The molecule has 6 heteroatoms. The second-order valence-corrected chi connectivity index (χ2v) is 4.49. The van der Waals surface area contributed by atoms with Crippen molar-refractivity contribution >= 4 is 17.7 Å². The number of hydrogen-bond donors (Lipinski definition) is 3. The van der Waals surface area contributed by atoms with Gasteiger partial charge in [0, 0.05) is 30.4 Å². The maximum absolute atomic E-state index is 11.7. The number of H-pyrrole nitrogens is 1. The summed E-state index contributed by atoms with van der Waals surface area (Å²) in [4.78, 5) is 18.6. The molecule has 0 bridgehead atoms. The van der Waals surface area contributed by atoms with E-state index in [2.05, 4.69) is 20.6 Å². The van der Waals surface area contributed by atoms with Gasteiger partial charge in [-0.05, 0) is 0 Å². The fourth-order valence-electron chi connectivity index (χ4n) is 1.42. The minimum absolute atomic E-state index is 0.0543. The van der Waals surface area contributed by atoms with Crippen molar-refractivity contribution in [3.8, 4) is 0 Å². The van der Waals surface area contributed by atoms with Gasteiger partial charge in [0.1, 0.15) is 5.82 Å². The second kappa shape index (κ2) is 5.18. The molecule has 1 amide bonds. The van der Waals surface area contributed by atoms with Crippen molar-refractivity contribution in [3.63, 3.8) is 0 Å². The number of carbonyl (C=O) groups is 1. The summed E-state index contributed by atoms with van der Waals surface area (Å²) in [5, 5.41) is 6.03. The van der Waals surface area contributed by atoms with Gasteiger partial charge >= 0.3 is 0 Å². The van der Waals surface area contributed by atoms with Crippen molar-refractivity contribution in [2.75, 3.05) is 18.1 Å². The van der Waals surface area contributed by atoms with Crippen LogP contribution in [-0.2, 0) is 11.3 Å². The van der Waals surface area contributed by atoms with Crippen LogP contribution in [0.4, 0.5) is 0 Å². The molecule has 15 heavy (non-hydrogen) atoms. The number of imidazole rings is 1. The number of amides is 1. The summed E-state index contributed by atoms with van der Waals surface area (Å²) in [6, 6.07) is -0.0567. The van der Waals surface area contributed by atoms with Gasteiger partial charge in [-0.3, -0.25) is 4.79 Å². The van der Waals surface area contributed by atoms with E-state index in [0.29, 0.717) is 6.54 Å². The average Bonchev–Trinajstić information content (AvgIpc) is 2.80. The molecule has 1 unspecified atom stereocenters. The molecule has 0 radical (unpaired) electrons. The summed E-state index contributed by atoms with van der Waals surface area (Å²) in [7, 11) is 0. The molecule has 1 aromatic rings. The SMILES string of the molecule is O=C(NCc1ncc[nH]1)C1CSCCN1. The molecular weight excluding hydrogens is 212 g/mol. The highest BCUT2D eigenvalue weighted by Crippen LogP contribution is 2.07. The van der Waals surface area contributed by atoms with Crippen LogP contribution >= 0.6 is 11.8 Å². The van der Waals surface area contributed by atoms with E-state index < -0.39 is 0 Å².